The molecule has 2 aliphatic carbocycles. The van der Waals surface area contributed by atoms with Crippen molar-refractivity contribution in [1.82, 2.24) is 0 Å². The first-order valence-electron chi connectivity index (χ1n) is 20.1. The first kappa shape index (κ1) is 33.9. The number of hydrogen-bond acceptors (Lipinski definition) is 2. The van der Waals surface area contributed by atoms with Crippen molar-refractivity contribution in [2.45, 2.75) is 6.42 Å². The van der Waals surface area contributed by atoms with E-state index in [1.807, 2.05) is 0 Å². The Morgan fingerprint density at radius 2 is 1.09 bits per heavy atom. The Hall–Kier alpha value is -7.42. The summed E-state index contributed by atoms with van der Waals surface area (Å²) in [4.78, 5) is 2.45. The highest BCUT2D eigenvalue weighted by molar-refractivity contribution is 6.00. The van der Waals surface area contributed by atoms with Gasteiger partial charge in [-0.1, -0.05) is 176 Å². The number of rotatable bonds is 7. The van der Waals surface area contributed by atoms with Crippen LogP contribution in [0, 0.1) is 5.92 Å². The maximum absolute atomic E-state index is 6.49. The quantitative estimate of drug-likeness (QED) is 0.162. The van der Waals surface area contributed by atoms with Gasteiger partial charge < -0.3 is 9.32 Å². The van der Waals surface area contributed by atoms with Crippen LogP contribution < -0.4 is 4.90 Å². The zero-order valence-electron chi connectivity index (χ0n) is 31.9. The van der Waals surface area contributed by atoms with E-state index in [1.54, 1.807) is 0 Å². The molecule has 1 atom stereocenters. The van der Waals surface area contributed by atoms with Gasteiger partial charge in [0.15, 0.2) is 0 Å². The van der Waals surface area contributed by atoms with Gasteiger partial charge in [0.2, 0.25) is 0 Å². The molecule has 11 rings (SSSR count). The van der Waals surface area contributed by atoms with Crippen LogP contribution in [0.4, 0.5) is 17.1 Å². The summed E-state index contributed by atoms with van der Waals surface area (Å²) in [6.07, 6.45) is 12.0. The average Bonchev–Trinajstić information content (AvgIpc) is 3.65. The Kier molecular flexibility index (Phi) is 8.33. The molecule has 0 saturated heterocycles. The fraction of sp³-hybridized carbons (Fsp3) is 0.0357. The van der Waals surface area contributed by atoms with Crippen LogP contribution in [0.15, 0.2) is 222 Å². The van der Waals surface area contributed by atoms with Crippen LogP contribution in [0.1, 0.15) is 11.3 Å². The molecule has 0 spiro atoms. The van der Waals surface area contributed by atoms with E-state index in [9.17, 15) is 0 Å². The summed E-state index contributed by atoms with van der Waals surface area (Å²) in [5.41, 5.74) is 16.2. The smallest absolute Gasteiger partial charge is 0.135 e. The van der Waals surface area contributed by atoms with Gasteiger partial charge in [-0.05, 0) is 98.6 Å². The molecule has 0 aliphatic heterocycles. The van der Waals surface area contributed by atoms with E-state index in [0.29, 0.717) is 5.92 Å². The second-order valence-electron chi connectivity index (χ2n) is 15.2. The Bertz CT molecular complexity index is 3080. The van der Waals surface area contributed by atoms with Crippen molar-refractivity contribution in [2.75, 3.05) is 4.90 Å². The molecular weight excluding hydrogens is 703 g/mol. The second kappa shape index (κ2) is 14.3. The molecule has 9 aromatic rings. The van der Waals surface area contributed by atoms with E-state index in [-0.39, 0.29) is 0 Å². The largest absolute Gasteiger partial charge is 0.456 e. The molecule has 1 aromatic heterocycles. The number of fused-ring (bicyclic) bond motifs is 5. The molecule has 58 heavy (non-hydrogen) atoms. The molecule has 2 heteroatoms. The summed E-state index contributed by atoms with van der Waals surface area (Å²) in [5, 5.41) is 3.66. The third-order valence-corrected chi connectivity index (χ3v) is 11.8. The maximum atomic E-state index is 6.49. The molecule has 274 valence electrons. The van der Waals surface area contributed by atoms with Gasteiger partial charge in [-0.2, -0.15) is 0 Å². The topological polar surface area (TPSA) is 16.4 Å². The van der Waals surface area contributed by atoms with Gasteiger partial charge in [0.1, 0.15) is 11.3 Å². The van der Waals surface area contributed by atoms with Crippen molar-refractivity contribution in [3.8, 4) is 44.5 Å². The number of furan rings is 1. The highest BCUT2D eigenvalue weighted by atomic mass is 16.3. The highest BCUT2D eigenvalue weighted by Crippen LogP contribution is 2.47. The van der Waals surface area contributed by atoms with Crippen molar-refractivity contribution >= 4 is 44.9 Å². The molecule has 1 heterocycles. The lowest BCUT2D eigenvalue weighted by molar-refractivity contribution is 0.586. The molecule has 0 saturated carbocycles. The lowest BCUT2D eigenvalue weighted by atomic mass is 9.83. The molecule has 1 unspecified atom stereocenters. The van der Waals surface area contributed by atoms with Gasteiger partial charge in [0.05, 0.1) is 11.4 Å². The summed E-state index contributed by atoms with van der Waals surface area (Å²) < 4.78 is 6.49. The van der Waals surface area contributed by atoms with Crippen LogP contribution in [0.5, 0.6) is 0 Å². The van der Waals surface area contributed by atoms with Crippen LogP contribution in [0.25, 0.3) is 72.3 Å². The van der Waals surface area contributed by atoms with Gasteiger partial charge in [0.25, 0.3) is 0 Å². The van der Waals surface area contributed by atoms with Gasteiger partial charge in [0, 0.05) is 33.7 Å². The van der Waals surface area contributed by atoms with Crippen LogP contribution in [-0.2, 0) is 6.42 Å². The molecule has 0 N–H and O–H groups in total. The minimum Gasteiger partial charge on any atom is -0.456 e. The Labute approximate surface area is 339 Å². The molecule has 2 nitrogen and oxygen atoms in total. The first-order chi connectivity index (χ1) is 28.7. The van der Waals surface area contributed by atoms with Gasteiger partial charge in [-0.25, -0.2) is 0 Å². The zero-order valence-corrected chi connectivity index (χ0v) is 31.9. The summed E-state index contributed by atoms with van der Waals surface area (Å²) in [6, 6.07) is 68.2. The maximum Gasteiger partial charge on any atom is 0.135 e. The summed E-state index contributed by atoms with van der Waals surface area (Å²) in [7, 11) is 0. The number of allylic oxidation sites excluding steroid dienone is 5. The van der Waals surface area contributed by atoms with E-state index in [1.165, 1.54) is 49.5 Å². The van der Waals surface area contributed by atoms with E-state index in [2.05, 4.69) is 223 Å². The van der Waals surface area contributed by atoms with Crippen molar-refractivity contribution in [2.24, 2.45) is 5.92 Å². The lowest BCUT2D eigenvalue weighted by Gasteiger charge is -2.30. The van der Waals surface area contributed by atoms with Gasteiger partial charge >= 0.3 is 0 Å². The van der Waals surface area contributed by atoms with Crippen LogP contribution >= 0.6 is 0 Å². The van der Waals surface area contributed by atoms with Crippen molar-refractivity contribution in [1.29, 1.82) is 0 Å². The monoisotopic (exact) mass is 741 g/mol. The molecule has 0 fully saturated rings. The normalized spacial score (nSPS) is 14.3. The number of nitrogens with zero attached hydrogens (tertiary/aromatic N) is 1. The van der Waals surface area contributed by atoms with Crippen LogP contribution in [0.3, 0.4) is 0 Å². The van der Waals surface area contributed by atoms with Gasteiger partial charge in [-0.15, -0.1) is 0 Å². The third kappa shape index (κ3) is 5.98. The van der Waals surface area contributed by atoms with E-state index < -0.39 is 0 Å². The summed E-state index contributed by atoms with van der Waals surface area (Å²) in [6.45, 7) is 0. The third-order valence-electron chi connectivity index (χ3n) is 11.8. The predicted octanol–water partition coefficient (Wildman–Crippen LogP) is 15.4. The van der Waals surface area contributed by atoms with Crippen LogP contribution in [0.2, 0.25) is 0 Å². The Morgan fingerprint density at radius 1 is 0.466 bits per heavy atom. The van der Waals surface area contributed by atoms with Crippen molar-refractivity contribution in [3.63, 3.8) is 0 Å². The SMILES string of the molecule is C1=CC2=Cc3oc4ccc(-c5ccccc5N(c5cccc(-c6cccc7ccccc67)c5)c5ccccc5-c5ccc(-c6ccccc6)cc5)cc4c3CC2C=C1. The number of anilines is 3. The molecule has 0 amide bonds. The second-order valence-corrected chi connectivity index (χ2v) is 15.2. The average molecular weight is 742 g/mol. The number of para-hydroxylation sites is 2. The minimum atomic E-state index is 0.372. The number of hydrogen-bond donors (Lipinski definition) is 0. The molecular formula is C56H39NO. The molecule has 2 aliphatic rings. The van der Waals surface area contributed by atoms with Crippen molar-refractivity contribution < 1.29 is 4.42 Å². The predicted molar refractivity (Wildman–Crippen MR) is 244 cm³/mol. The van der Waals surface area contributed by atoms with E-state index >= 15 is 0 Å². The Morgan fingerprint density at radius 3 is 1.93 bits per heavy atom. The van der Waals surface area contributed by atoms with Crippen LogP contribution in [-0.4, -0.2) is 0 Å². The lowest BCUT2D eigenvalue weighted by Crippen LogP contribution is -2.12. The van der Waals surface area contributed by atoms with E-state index in [4.69, 9.17) is 4.42 Å². The zero-order chi connectivity index (χ0) is 38.4. The molecule has 8 aromatic carbocycles. The minimum absolute atomic E-state index is 0.372. The first-order valence-corrected chi connectivity index (χ1v) is 20.1. The summed E-state index contributed by atoms with van der Waals surface area (Å²) in [5.74, 6) is 1.35. The van der Waals surface area contributed by atoms with Crippen molar-refractivity contribution in [3.05, 3.63) is 229 Å². The molecule has 0 radical (unpaired) electrons. The Balaban J connectivity index is 1.09. The number of benzene rings is 8. The fourth-order valence-corrected chi connectivity index (χ4v) is 8.97. The summed E-state index contributed by atoms with van der Waals surface area (Å²) >= 11 is 0. The standard InChI is InChI=1S/C56H39NO/c1-2-14-38(15-3-1)39-28-30-41(31-29-39)49-23-8-10-26-53(49)57(46-21-12-20-44(34-46)48-25-13-19-40-16-6-7-22-47(40)48)54-27-11-9-24-50(54)45-32-33-55-51(36-45)52-35-42-17-4-5-18-43(42)37-56(52)58-55/h1-34,36-37,42H,35H2. The molecule has 0 bridgehead atoms. The van der Waals surface area contributed by atoms with E-state index in [0.717, 1.165) is 57.1 Å². The fourth-order valence-electron chi connectivity index (χ4n) is 8.97. The van der Waals surface area contributed by atoms with Gasteiger partial charge in [-0.3, -0.25) is 0 Å². The highest BCUT2D eigenvalue weighted by Gasteiger charge is 2.26.